The number of nitrogens with zero attached hydrogens (tertiary/aromatic N) is 2. The zero-order chi connectivity index (χ0) is 18.8. The van der Waals surface area contributed by atoms with E-state index in [4.69, 9.17) is 0 Å². The third-order valence-electron chi connectivity index (χ3n) is 4.80. The summed E-state index contributed by atoms with van der Waals surface area (Å²) < 4.78 is 0. The summed E-state index contributed by atoms with van der Waals surface area (Å²) in [5, 5.41) is 10.2. The van der Waals surface area contributed by atoms with Crippen LogP contribution in [-0.2, 0) is 29.1 Å². The molecule has 0 fully saturated rings. The molecular weight excluding hydrogens is 344 g/mol. The van der Waals surface area contributed by atoms with Crippen LogP contribution < -0.4 is 10.9 Å². The molecule has 0 radical (unpaired) electrons. The molecule has 0 aliphatic carbocycles. The van der Waals surface area contributed by atoms with E-state index in [1.165, 1.54) is 5.56 Å². The second-order valence-corrected chi connectivity index (χ2v) is 6.47. The van der Waals surface area contributed by atoms with Crippen molar-refractivity contribution in [1.82, 2.24) is 20.4 Å². The van der Waals surface area contributed by atoms with Crippen LogP contribution in [0.4, 0.5) is 0 Å². The zero-order valence-corrected chi connectivity index (χ0v) is 14.6. The third-order valence-corrected chi connectivity index (χ3v) is 4.80. The van der Waals surface area contributed by atoms with Crippen LogP contribution >= 0.6 is 0 Å². The van der Waals surface area contributed by atoms with Gasteiger partial charge in [0.05, 0.1) is 17.6 Å². The smallest absolute Gasteiger partial charge is 0.312 e. The first-order chi connectivity index (χ1) is 13.1. The predicted octanol–water partition coefficient (Wildman–Crippen LogP) is 1.12. The predicted molar refractivity (Wildman–Crippen MR) is 99.8 cm³/mol. The van der Waals surface area contributed by atoms with E-state index in [1.54, 1.807) is 29.2 Å². The van der Waals surface area contributed by atoms with Gasteiger partial charge in [-0.1, -0.05) is 42.5 Å². The summed E-state index contributed by atoms with van der Waals surface area (Å²) in [7, 11) is 0. The molecule has 1 aliphatic rings. The maximum Gasteiger partial charge on any atom is 0.312 e. The molecule has 2 aromatic carbocycles. The molecule has 3 aromatic rings. The van der Waals surface area contributed by atoms with Gasteiger partial charge < -0.3 is 10.2 Å². The number of amides is 2. The Bertz CT molecular complexity index is 1090. The van der Waals surface area contributed by atoms with E-state index in [-0.39, 0.29) is 12.1 Å². The fraction of sp³-hybridized carbons (Fsp3) is 0.200. The lowest BCUT2D eigenvalue weighted by Crippen LogP contribution is -2.45. The van der Waals surface area contributed by atoms with Crippen molar-refractivity contribution in [2.45, 2.75) is 19.5 Å². The second kappa shape index (κ2) is 7.03. The first kappa shape index (κ1) is 17.0. The lowest BCUT2D eigenvalue weighted by molar-refractivity contribution is -0.146. The fourth-order valence-corrected chi connectivity index (χ4v) is 3.36. The van der Waals surface area contributed by atoms with E-state index in [2.05, 4.69) is 15.5 Å². The Morgan fingerprint density at radius 3 is 2.56 bits per heavy atom. The van der Waals surface area contributed by atoms with E-state index in [9.17, 15) is 14.4 Å². The number of benzene rings is 2. The van der Waals surface area contributed by atoms with Gasteiger partial charge in [0.15, 0.2) is 0 Å². The van der Waals surface area contributed by atoms with Crippen LogP contribution in [0.25, 0.3) is 10.8 Å². The molecule has 27 heavy (non-hydrogen) atoms. The van der Waals surface area contributed by atoms with E-state index >= 15 is 0 Å². The zero-order valence-electron chi connectivity index (χ0n) is 14.6. The van der Waals surface area contributed by atoms with Gasteiger partial charge in [-0.25, -0.2) is 5.10 Å². The number of aromatic nitrogens is 2. The van der Waals surface area contributed by atoms with Gasteiger partial charge in [-0.2, -0.15) is 5.10 Å². The molecule has 1 aliphatic heterocycles. The SMILES string of the molecule is O=C(NCc1n[nH]c(=O)c2ccccc12)C(=O)N1CCc2ccccc2C1. The highest BCUT2D eigenvalue weighted by Crippen LogP contribution is 2.18. The van der Waals surface area contributed by atoms with Gasteiger partial charge in [0.2, 0.25) is 0 Å². The maximum atomic E-state index is 12.5. The molecule has 7 heteroatoms. The first-order valence-electron chi connectivity index (χ1n) is 8.73. The summed E-state index contributed by atoms with van der Waals surface area (Å²) in [4.78, 5) is 38.2. The number of H-pyrrole nitrogens is 1. The van der Waals surface area contributed by atoms with Crippen molar-refractivity contribution in [3.63, 3.8) is 0 Å². The normalized spacial score (nSPS) is 13.3. The number of fused-ring (bicyclic) bond motifs is 2. The number of carbonyl (C=O) groups excluding carboxylic acids is 2. The molecule has 0 saturated heterocycles. The minimum absolute atomic E-state index is 0.0618. The average molecular weight is 362 g/mol. The molecule has 4 rings (SSSR count). The molecule has 0 saturated carbocycles. The minimum atomic E-state index is -0.675. The topological polar surface area (TPSA) is 95.2 Å². The Morgan fingerprint density at radius 2 is 1.74 bits per heavy atom. The molecule has 2 amide bonds. The van der Waals surface area contributed by atoms with E-state index in [0.717, 1.165) is 12.0 Å². The molecule has 7 nitrogen and oxygen atoms in total. The maximum absolute atomic E-state index is 12.5. The Labute approximate surface area is 155 Å². The van der Waals surface area contributed by atoms with Gasteiger partial charge in [0, 0.05) is 18.5 Å². The van der Waals surface area contributed by atoms with Crippen LogP contribution in [0.2, 0.25) is 0 Å². The number of rotatable bonds is 2. The van der Waals surface area contributed by atoms with E-state index in [1.807, 2.05) is 24.3 Å². The minimum Gasteiger partial charge on any atom is -0.342 e. The fourth-order valence-electron chi connectivity index (χ4n) is 3.36. The van der Waals surface area contributed by atoms with E-state index in [0.29, 0.717) is 29.6 Å². The first-order valence-corrected chi connectivity index (χ1v) is 8.73. The lowest BCUT2D eigenvalue weighted by Gasteiger charge is -2.28. The van der Waals surface area contributed by atoms with Gasteiger partial charge in [-0.05, 0) is 23.6 Å². The molecule has 136 valence electrons. The highest BCUT2D eigenvalue weighted by molar-refractivity contribution is 6.35. The van der Waals surface area contributed by atoms with Crippen molar-refractivity contribution in [1.29, 1.82) is 0 Å². The van der Waals surface area contributed by atoms with E-state index < -0.39 is 11.8 Å². The Kier molecular flexibility index (Phi) is 4.42. The van der Waals surface area contributed by atoms with Crippen LogP contribution in [0, 0.1) is 0 Å². The van der Waals surface area contributed by atoms with Crippen LogP contribution in [0.5, 0.6) is 0 Å². The largest absolute Gasteiger partial charge is 0.342 e. The van der Waals surface area contributed by atoms with Gasteiger partial charge in [-0.3, -0.25) is 14.4 Å². The number of nitrogens with one attached hydrogen (secondary N) is 2. The van der Waals surface area contributed by atoms with Crippen molar-refractivity contribution < 1.29 is 9.59 Å². The molecule has 0 unspecified atom stereocenters. The molecule has 2 N–H and O–H groups in total. The van der Waals surface area contributed by atoms with Gasteiger partial charge >= 0.3 is 11.8 Å². The van der Waals surface area contributed by atoms with Crippen LogP contribution in [0.1, 0.15) is 16.8 Å². The Hall–Kier alpha value is -3.48. The highest BCUT2D eigenvalue weighted by atomic mass is 16.2. The number of carbonyl (C=O) groups is 2. The van der Waals surface area contributed by atoms with Gasteiger partial charge in [-0.15, -0.1) is 0 Å². The highest BCUT2D eigenvalue weighted by Gasteiger charge is 2.25. The standard InChI is InChI=1S/C20H18N4O3/c25-18-16-8-4-3-7-15(16)17(22-23-18)11-21-19(26)20(27)24-10-9-13-5-1-2-6-14(13)12-24/h1-8H,9-12H2,(H,21,26)(H,23,25). The third kappa shape index (κ3) is 3.31. The van der Waals surface area contributed by atoms with Crippen molar-refractivity contribution in [3.05, 3.63) is 75.7 Å². The van der Waals surface area contributed by atoms with Gasteiger partial charge in [0.25, 0.3) is 5.56 Å². The molecule has 0 spiro atoms. The summed E-state index contributed by atoms with van der Waals surface area (Å²) in [6.45, 7) is 1.01. The van der Waals surface area contributed by atoms with Crippen molar-refractivity contribution in [2.24, 2.45) is 0 Å². The molecule has 2 heterocycles. The second-order valence-electron chi connectivity index (χ2n) is 6.47. The van der Waals surface area contributed by atoms with Crippen molar-refractivity contribution >= 4 is 22.6 Å². The number of hydrogen-bond donors (Lipinski definition) is 2. The summed E-state index contributed by atoms with van der Waals surface area (Å²) in [6, 6.07) is 14.9. The summed E-state index contributed by atoms with van der Waals surface area (Å²) in [6.07, 6.45) is 0.737. The number of hydrogen-bond acceptors (Lipinski definition) is 4. The number of aromatic amines is 1. The lowest BCUT2D eigenvalue weighted by atomic mass is 10.00. The van der Waals surface area contributed by atoms with Crippen molar-refractivity contribution in [2.75, 3.05) is 6.54 Å². The monoisotopic (exact) mass is 362 g/mol. The van der Waals surface area contributed by atoms with Gasteiger partial charge in [0.1, 0.15) is 0 Å². The quantitative estimate of drug-likeness (QED) is 0.668. The van der Waals surface area contributed by atoms with Crippen LogP contribution in [-0.4, -0.2) is 33.5 Å². The molecule has 1 aromatic heterocycles. The average Bonchev–Trinajstić information content (AvgIpc) is 2.72. The summed E-state index contributed by atoms with van der Waals surface area (Å²) >= 11 is 0. The van der Waals surface area contributed by atoms with Crippen molar-refractivity contribution in [3.8, 4) is 0 Å². The molecular formula is C20H18N4O3. The van der Waals surface area contributed by atoms with Crippen LogP contribution in [0.15, 0.2) is 53.3 Å². The summed E-state index contributed by atoms with van der Waals surface area (Å²) in [5.41, 5.74) is 2.50. The molecule has 0 bridgehead atoms. The summed E-state index contributed by atoms with van der Waals surface area (Å²) in [5.74, 6) is -1.23. The van der Waals surface area contributed by atoms with Crippen LogP contribution in [0.3, 0.4) is 0 Å². The molecule has 0 atom stereocenters. The Balaban J connectivity index is 1.45. The Morgan fingerprint density at radius 1 is 1.04 bits per heavy atom.